The molecule has 0 aromatic rings. The van der Waals surface area contributed by atoms with E-state index in [0.717, 1.165) is 6.08 Å². The van der Waals surface area contributed by atoms with E-state index in [4.69, 9.17) is 9.84 Å². The molecule has 0 fully saturated rings. The first-order valence-electron chi connectivity index (χ1n) is 3.79. The maximum atomic E-state index is 10.4. The van der Waals surface area contributed by atoms with Crippen LogP contribution in [0.1, 0.15) is 0 Å². The molecule has 4 heteroatoms. The number of esters is 1. The molecule has 0 unspecified atom stereocenters. The summed E-state index contributed by atoms with van der Waals surface area (Å²) in [5.41, 5.74) is 0. The van der Waals surface area contributed by atoms with E-state index in [1.54, 1.807) is 0 Å². The molecule has 0 aliphatic heterocycles. The van der Waals surface area contributed by atoms with Crippen molar-refractivity contribution in [1.82, 2.24) is 0 Å². The Morgan fingerprint density at radius 2 is 1.92 bits per heavy atom. The van der Waals surface area contributed by atoms with Crippen molar-refractivity contribution >= 4 is 5.97 Å². The summed E-state index contributed by atoms with van der Waals surface area (Å²) >= 11 is 0. The summed E-state index contributed by atoms with van der Waals surface area (Å²) < 4.78 is 9.39. The topological polar surface area (TPSA) is 55.8 Å². The van der Waals surface area contributed by atoms with Gasteiger partial charge >= 0.3 is 5.97 Å². The van der Waals surface area contributed by atoms with E-state index in [1.807, 2.05) is 0 Å². The second-order valence-electron chi connectivity index (χ2n) is 1.71. The average molecular weight is 188 g/mol. The quantitative estimate of drug-likeness (QED) is 0.286. The molecule has 0 atom stereocenters. The number of aliphatic hydroxyl groups excluding tert-OH is 1. The second kappa shape index (κ2) is 13.5. The van der Waals surface area contributed by atoms with Gasteiger partial charge in [-0.2, -0.15) is 0 Å². The Hall–Kier alpha value is -1.13. The molecule has 0 aromatic heterocycles. The summed E-state index contributed by atoms with van der Waals surface area (Å²) in [4.78, 5) is 10.4. The number of rotatable bonds is 6. The maximum Gasteiger partial charge on any atom is 0.330 e. The third-order valence-corrected chi connectivity index (χ3v) is 0.874. The van der Waals surface area contributed by atoms with Crippen LogP contribution in [0, 0.1) is 0 Å². The SMILES string of the molecule is C=C.C=CC(=O)OCCOCCO. The van der Waals surface area contributed by atoms with Gasteiger partial charge in [0.15, 0.2) is 0 Å². The van der Waals surface area contributed by atoms with Gasteiger partial charge in [0.2, 0.25) is 0 Å². The van der Waals surface area contributed by atoms with E-state index in [1.165, 1.54) is 0 Å². The highest BCUT2D eigenvalue weighted by Gasteiger charge is 1.93. The number of hydrogen-bond acceptors (Lipinski definition) is 4. The van der Waals surface area contributed by atoms with E-state index in [2.05, 4.69) is 24.5 Å². The van der Waals surface area contributed by atoms with Gasteiger partial charge in [0.05, 0.1) is 19.8 Å². The molecule has 0 aliphatic rings. The molecule has 0 radical (unpaired) electrons. The van der Waals surface area contributed by atoms with Crippen LogP contribution in [0.25, 0.3) is 0 Å². The van der Waals surface area contributed by atoms with Crippen LogP contribution in [0.3, 0.4) is 0 Å². The van der Waals surface area contributed by atoms with Gasteiger partial charge in [-0.3, -0.25) is 0 Å². The summed E-state index contributed by atoms with van der Waals surface area (Å²) in [5, 5.41) is 8.27. The van der Waals surface area contributed by atoms with Crippen LogP contribution < -0.4 is 0 Å². The molecule has 0 bridgehead atoms. The largest absolute Gasteiger partial charge is 0.460 e. The minimum Gasteiger partial charge on any atom is -0.460 e. The zero-order valence-electron chi connectivity index (χ0n) is 7.70. The molecule has 0 amide bonds. The predicted octanol–water partition coefficient (Wildman–Crippen LogP) is 0.527. The first-order valence-corrected chi connectivity index (χ1v) is 3.79. The molecule has 0 heterocycles. The van der Waals surface area contributed by atoms with Crippen LogP contribution in [0.2, 0.25) is 0 Å². The minimum atomic E-state index is -0.461. The molecule has 0 aliphatic carbocycles. The highest BCUT2D eigenvalue weighted by atomic mass is 16.6. The van der Waals surface area contributed by atoms with Crippen LogP contribution in [0.5, 0.6) is 0 Å². The zero-order chi connectivity index (χ0) is 10.5. The molecule has 0 saturated carbocycles. The Labute approximate surface area is 78.5 Å². The van der Waals surface area contributed by atoms with Crippen molar-refractivity contribution in [2.45, 2.75) is 0 Å². The standard InChI is InChI=1S/C7H12O4.C2H4/c1-2-7(9)11-6-5-10-4-3-8;1-2/h2,8H,1,3-6H2;1-2H2. The first-order chi connectivity index (χ1) is 6.31. The van der Waals surface area contributed by atoms with E-state index in [0.29, 0.717) is 6.61 Å². The number of carbonyl (C=O) groups is 1. The van der Waals surface area contributed by atoms with Crippen LogP contribution in [-0.2, 0) is 14.3 Å². The summed E-state index contributed by atoms with van der Waals surface area (Å²) in [5.74, 6) is -0.461. The van der Waals surface area contributed by atoms with Crippen molar-refractivity contribution in [2.24, 2.45) is 0 Å². The Morgan fingerprint density at radius 3 is 2.38 bits per heavy atom. The van der Waals surface area contributed by atoms with Crippen molar-refractivity contribution in [2.75, 3.05) is 26.4 Å². The number of aliphatic hydroxyl groups is 1. The van der Waals surface area contributed by atoms with Crippen LogP contribution >= 0.6 is 0 Å². The average Bonchev–Trinajstić information content (AvgIpc) is 2.20. The van der Waals surface area contributed by atoms with Crippen molar-refractivity contribution in [3.8, 4) is 0 Å². The van der Waals surface area contributed by atoms with Crippen LogP contribution in [-0.4, -0.2) is 37.5 Å². The fourth-order valence-corrected chi connectivity index (χ4v) is 0.427. The zero-order valence-corrected chi connectivity index (χ0v) is 7.70. The second-order valence-corrected chi connectivity index (χ2v) is 1.71. The van der Waals surface area contributed by atoms with Crippen LogP contribution in [0.4, 0.5) is 0 Å². The Kier molecular flexibility index (Phi) is 14.9. The Balaban J connectivity index is 0. The lowest BCUT2D eigenvalue weighted by atomic mass is 10.6. The molecule has 76 valence electrons. The highest BCUT2D eigenvalue weighted by molar-refractivity contribution is 5.81. The highest BCUT2D eigenvalue weighted by Crippen LogP contribution is 1.80. The minimum absolute atomic E-state index is 0.0184. The predicted molar refractivity (Wildman–Crippen MR) is 50.3 cm³/mol. The van der Waals surface area contributed by atoms with E-state index < -0.39 is 5.97 Å². The molecule has 1 N–H and O–H groups in total. The first kappa shape index (κ1) is 14.4. The van der Waals surface area contributed by atoms with E-state index in [9.17, 15) is 4.79 Å². The smallest absolute Gasteiger partial charge is 0.330 e. The molecular weight excluding hydrogens is 172 g/mol. The van der Waals surface area contributed by atoms with E-state index in [-0.39, 0.29) is 19.8 Å². The molecule has 0 saturated heterocycles. The monoisotopic (exact) mass is 188 g/mol. The third-order valence-electron chi connectivity index (χ3n) is 0.874. The Morgan fingerprint density at radius 1 is 1.31 bits per heavy atom. The number of carbonyl (C=O) groups excluding carboxylic acids is 1. The van der Waals surface area contributed by atoms with Gasteiger partial charge in [0.1, 0.15) is 6.61 Å². The molecule has 0 rings (SSSR count). The molecule has 13 heavy (non-hydrogen) atoms. The fraction of sp³-hybridized carbons (Fsp3) is 0.444. The number of ether oxygens (including phenoxy) is 2. The summed E-state index contributed by atoms with van der Waals surface area (Å²) in [7, 11) is 0. The van der Waals surface area contributed by atoms with E-state index >= 15 is 0 Å². The fourth-order valence-electron chi connectivity index (χ4n) is 0.427. The molecular formula is C9H16O4. The molecule has 4 nitrogen and oxygen atoms in total. The van der Waals surface area contributed by atoms with Gasteiger partial charge in [-0.15, -0.1) is 13.2 Å². The lowest BCUT2D eigenvalue weighted by Gasteiger charge is -2.01. The van der Waals surface area contributed by atoms with Crippen molar-refractivity contribution in [3.63, 3.8) is 0 Å². The molecule has 0 spiro atoms. The third kappa shape index (κ3) is 13.8. The van der Waals surface area contributed by atoms with Crippen molar-refractivity contribution in [3.05, 3.63) is 25.8 Å². The Bertz CT molecular complexity index is 134. The van der Waals surface area contributed by atoms with Gasteiger partial charge < -0.3 is 14.6 Å². The summed E-state index contributed by atoms with van der Waals surface area (Å²) in [6, 6.07) is 0. The van der Waals surface area contributed by atoms with Gasteiger partial charge in [-0.25, -0.2) is 4.79 Å². The summed E-state index contributed by atoms with van der Waals surface area (Å²) in [6.07, 6.45) is 1.09. The molecule has 0 aromatic carbocycles. The summed E-state index contributed by atoms with van der Waals surface area (Å²) in [6.45, 7) is 9.98. The maximum absolute atomic E-state index is 10.4. The van der Waals surface area contributed by atoms with Crippen molar-refractivity contribution < 1.29 is 19.4 Å². The normalized spacial score (nSPS) is 8.08. The van der Waals surface area contributed by atoms with Gasteiger partial charge in [0.25, 0.3) is 0 Å². The van der Waals surface area contributed by atoms with Gasteiger partial charge in [0, 0.05) is 6.08 Å². The van der Waals surface area contributed by atoms with Crippen molar-refractivity contribution in [1.29, 1.82) is 0 Å². The van der Waals surface area contributed by atoms with Crippen LogP contribution in [0.15, 0.2) is 25.8 Å². The number of hydrogen-bond donors (Lipinski definition) is 1. The lowest BCUT2D eigenvalue weighted by Crippen LogP contribution is -2.09. The van der Waals surface area contributed by atoms with Gasteiger partial charge in [-0.05, 0) is 0 Å². The lowest BCUT2D eigenvalue weighted by molar-refractivity contribution is -0.139. The van der Waals surface area contributed by atoms with Gasteiger partial charge in [-0.1, -0.05) is 6.58 Å².